The molecule has 1 rings (SSSR count). The van der Waals surface area contributed by atoms with Gasteiger partial charge in [-0.05, 0) is 0 Å². The molecular formula is C9H12NO2+. The van der Waals surface area contributed by atoms with Gasteiger partial charge in [0, 0.05) is 18.6 Å². The van der Waals surface area contributed by atoms with Crippen molar-refractivity contribution in [2.45, 2.75) is 13.3 Å². The summed E-state index contributed by atoms with van der Waals surface area (Å²) in [6.45, 7) is 1.77. The topological polar surface area (TPSA) is 30.2 Å². The highest BCUT2D eigenvalue weighted by molar-refractivity contribution is 5.71. The van der Waals surface area contributed by atoms with Crippen molar-refractivity contribution in [1.82, 2.24) is 0 Å². The summed E-state index contributed by atoms with van der Waals surface area (Å²) in [4.78, 5) is 10.8. The number of carbonyl (C=O) groups excluding carboxylic acids is 1. The quantitative estimate of drug-likeness (QED) is 0.481. The molecule has 0 aromatic carbocycles. The van der Waals surface area contributed by atoms with Gasteiger partial charge in [0.1, 0.15) is 12.8 Å². The van der Waals surface area contributed by atoms with E-state index in [4.69, 9.17) is 4.74 Å². The largest absolute Gasteiger partial charge is 0.426 e. The Morgan fingerprint density at radius 3 is 2.58 bits per heavy atom. The molecule has 0 unspecified atom stereocenters. The summed E-state index contributed by atoms with van der Waals surface area (Å²) in [6, 6.07) is 3.52. The first-order valence-electron chi connectivity index (χ1n) is 3.88. The maximum atomic E-state index is 10.8. The fraction of sp³-hybridized carbons (Fsp3) is 0.333. The Balaban J connectivity index is 2.64. The van der Waals surface area contributed by atoms with E-state index in [1.54, 1.807) is 19.1 Å². The van der Waals surface area contributed by atoms with E-state index in [0.29, 0.717) is 12.2 Å². The van der Waals surface area contributed by atoms with Crippen LogP contribution in [0, 0.1) is 0 Å². The van der Waals surface area contributed by atoms with Gasteiger partial charge in [0.2, 0.25) is 0 Å². The molecular weight excluding hydrogens is 154 g/mol. The zero-order valence-electron chi connectivity index (χ0n) is 7.28. The zero-order chi connectivity index (χ0) is 8.97. The molecule has 12 heavy (non-hydrogen) atoms. The Morgan fingerprint density at radius 2 is 2.08 bits per heavy atom. The number of ether oxygens (including phenoxy) is 1. The molecule has 0 fully saturated rings. The van der Waals surface area contributed by atoms with Gasteiger partial charge in [-0.25, -0.2) is 4.57 Å². The van der Waals surface area contributed by atoms with Crippen LogP contribution in [0.2, 0.25) is 0 Å². The molecule has 0 aliphatic carbocycles. The fourth-order valence-corrected chi connectivity index (χ4v) is 0.759. The predicted molar refractivity (Wildman–Crippen MR) is 43.5 cm³/mol. The molecule has 0 bridgehead atoms. The first-order valence-corrected chi connectivity index (χ1v) is 3.88. The monoisotopic (exact) mass is 166 g/mol. The summed E-state index contributed by atoms with van der Waals surface area (Å²) >= 11 is 0. The van der Waals surface area contributed by atoms with Gasteiger partial charge in [0.25, 0.3) is 0 Å². The molecule has 0 amide bonds. The molecule has 0 radical (unpaired) electrons. The van der Waals surface area contributed by atoms with E-state index in [-0.39, 0.29) is 5.97 Å². The Bertz CT molecular complexity index is 266. The maximum absolute atomic E-state index is 10.8. The van der Waals surface area contributed by atoms with Crippen LogP contribution < -0.4 is 9.30 Å². The van der Waals surface area contributed by atoms with Gasteiger partial charge >= 0.3 is 5.97 Å². The van der Waals surface area contributed by atoms with E-state index in [1.165, 1.54) is 0 Å². The van der Waals surface area contributed by atoms with Crippen molar-refractivity contribution in [2.24, 2.45) is 7.05 Å². The second kappa shape index (κ2) is 3.85. The van der Waals surface area contributed by atoms with Gasteiger partial charge in [0.05, 0.1) is 0 Å². The van der Waals surface area contributed by atoms with Crippen LogP contribution in [0.15, 0.2) is 24.5 Å². The number of aromatic nitrogens is 1. The molecule has 1 heterocycles. The van der Waals surface area contributed by atoms with Gasteiger partial charge in [-0.15, -0.1) is 0 Å². The molecule has 1 aromatic heterocycles. The van der Waals surface area contributed by atoms with Crippen molar-refractivity contribution in [3.05, 3.63) is 24.5 Å². The first-order chi connectivity index (χ1) is 5.72. The second-order valence-corrected chi connectivity index (χ2v) is 2.53. The van der Waals surface area contributed by atoms with Crippen molar-refractivity contribution in [3.8, 4) is 5.75 Å². The number of hydrogen-bond acceptors (Lipinski definition) is 2. The lowest BCUT2D eigenvalue weighted by Crippen LogP contribution is -2.25. The molecule has 0 N–H and O–H groups in total. The Hall–Kier alpha value is -1.38. The molecule has 0 aliphatic heterocycles. The molecule has 3 heteroatoms. The highest BCUT2D eigenvalue weighted by Crippen LogP contribution is 2.06. The van der Waals surface area contributed by atoms with E-state index in [9.17, 15) is 4.79 Å². The number of nitrogens with zero attached hydrogens (tertiary/aromatic N) is 1. The highest BCUT2D eigenvalue weighted by Gasteiger charge is 2.01. The summed E-state index contributed by atoms with van der Waals surface area (Å²) in [5.74, 6) is 0.392. The van der Waals surface area contributed by atoms with Crippen LogP contribution in [0.25, 0.3) is 0 Å². The van der Waals surface area contributed by atoms with Crippen LogP contribution in [0.1, 0.15) is 13.3 Å². The summed E-state index contributed by atoms with van der Waals surface area (Å²) in [6.07, 6.45) is 4.07. The predicted octanol–water partition coefficient (Wildman–Crippen LogP) is 0.826. The van der Waals surface area contributed by atoms with Crippen LogP contribution in [0.3, 0.4) is 0 Å². The molecule has 1 aromatic rings. The Labute approximate surface area is 71.6 Å². The first kappa shape index (κ1) is 8.71. The summed E-state index contributed by atoms with van der Waals surface area (Å²) in [5.41, 5.74) is 0. The lowest BCUT2D eigenvalue weighted by atomic mass is 10.4. The summed E-state index contributed by atoms with van der Waals surface area (Å²) in [5, 5.41) is 0. The smallest absolute Gasteiger partial charge is 0.310 e. The Kier molecular flexibility index (Phi) is 2.80. The third-order valence-corrected chi connectivity index (χ3v) is 1.47. The highest BCUT2D eigenvalue weighted by atomic mass is 16.5. The molecule has 0 saturated carbocycles. The van der Waals surface area contributed by atoms with Gasteiger partial charge in [0.15, 0.2) is 12.4 Å². The maximum Gasteiger partial charge on any atom is 0.310 e. The van der Waals surface area contributed by atoms with Crippen molar-refractivity contribution in [1.29, 1.82) is 0 Å². The number of carbonyl (C=O) groups is 1. The van der Waals surface area contributed by atoms with Gasteiger partial charge in [-0.3, -0.25) is 4.79 Å². The SMILES string of the molecule is CCC(=O)Oc1cc[n+](C)cc1. The average molecular weight is 166 g/mol. The molecule has 0 atom stereocenters. The third-order valence-electron chi connectivity index (χ3n) is 1.47. The van der Waals surface area contributed by atoms with Crippen molar-refractivity contribution in [3.63, 3.8) is 0 Å². The lowest BCUT2D eigenvalue weighted by molar-refractivity contribution is -0.671. The number of hydrogen-bond donors (Lipinski definition) is 0. The number of rotatable bonds is 2. The van der Waals surface area contributed by atoms with Crippen LogP contribution in [0.5, 0.6) is 5.75 Å². The molecule has 64 valence electrons. The minimum atomic E-state index is -0.205. The number of aryl methyl sites for hydroxylation is 1. The van der Waals surface area contributed by atoms with E-state index in [1.807, 2.05) is 24.0 Å². The van der Waals surface area contributed by atoms with Crippen molar-refractivity contribution >= 4 is 5.97 Å². The minimum absolute atomic E-state index is 0.205. The van der Waals surface area contributed by atoms with Gasteiger partial charge in [-0.2, -0.15) is 0 Å². The van der Waals surface area contributed by atoms with Crippen LogP contribution in [-0.2, 0) is 11.8 Å². The van der Waals surface area contributed by atoms with Gasteiger partial charge < -0.3 is 4.74 Å². The zero-order valence-corrected chi connectivity index (χ0v) is 7.28. The van der Waals surface area contributed by atoms with Crippen LogP contribution in [0.4, 0.5) is 0 Å². The van der Waals surface area contributed by atoms with Crippen molar-refractivity contribution < 1.29 is 14.1 Å². The molecule has 3 nitrogen and oxygen atoms in total. The minimum Gasteiger partial charge on any atom is -0.426 e. The molecule has 0 aliphatic rings. The fourth-order valence-electron chi connectivity index (χ4n) is 0.759. The molecule has 0 saturated heterocycles. The summed E-state index contributed by atoms with van der Waals surface area (Å²) < 4.78 is 6.84. The second-order valence-electron chi connectivity index (χ2n) is 2.53. The summed E-state index contributed by atoms with van der Waals surface area (Å²) in [7, 11) is 1.91. The van der Waals surface area contributed by atoms with E-state index < -0.39 is 0 Å². The van der Waals surface area contributed by atoms with E-state index >= 15 is 0 Å². The standard InChI is InChI=1S/C9H12NO2/c1-3-9(11)12-8-4-6-10(2)7-5-8/h4-7H,3H2,1-2H3/q+1. The average Bonchev–Trinajstić information content (AvgIpc) is 2.09. The van der Waals surface area contributed by atoms with Crippen molar-refractivity contribution in [2.75, 3.05) is 0 Å². The van der Waals surface area contributed by atoms with E-state index in [0.717, 1.165) is 0 Å². The van der Waals surface area contributed by atoms with Crippen LogP contribution >= 0.6 is 0 Å². The lowest BCUT2D eigenvalue weighted by Gasteiger charge is -1.99. The van der Waals surface area contributed by atoms with E-state index in [2.05, 4.69) is 0 Å². The number of pyridine rings is 1. The number of esters is 1. The van der Waals surface area contributed by atoms with Crippen LogP contribution in [-0.4, -0.2) is 5.97 Å². The normalized spacial score (nSPS) is 9.50. The molecule has 0 spiro atoms. The Morgan fingerprint density at radius 1 is 1.50 bits per heavy atom. The van der Waals surface area contributed by atoms with Gasteiger partial charge in [-0.1, -0.05) is 6.92 Å². The third kappa shape index (κ3) is 2.34.